The molecule has 2 rings (SSSR count). The average Bonchev–Trinajstić information content (AvgIpc) is 1.79. The number of likely N-dealkylation sites (tertiary alicyclic amines) is 1. The molecule has 1 atom stereocenters. The van der Waals surface area contributed by atoms with Gasteiger partial charge < -0.3 is 10.6 Å². The van der Waals surface area contributed by atoms with Crippen LogP contribution in [0.4, 0.5) is 0 Å². The Morgan fingerprint density at radius 2 is 2.00 bits per heavy atom. The smallest absolute Gasteiger partial charge is 0.239 e. The van der Waals surface area contributed by atoms with E-state index in [9.17, 15) is 4.79 Å². The van der Waals surface area contributed by atoms with Crippen LogP contribution in [0.5, 0.6) is 0 Å². The van der Waals surface area contributed by atoms with Crippen molar-refractivity contribution in [2.75, 3.05) is 13.1 Å². The molecule has 1 aliphatic carbocycles. The predicted molar refractivity (Wildman–Crippen MR) is 46.5 cm³/mol. The third-order valence-electron chi connectivity index (χ3n) is 3.11. The fraction of sp³-hybridized carbons (Fsp3) is 0.889. The summed E-state index contributed by atoms with van der Waals surface area (Å²) in [6, 6.07) is -0.195. The lowest BCUT2D eigenvalue weighted by Crippen LogP contribution is -2.53. The van der Waals surface area contributed by atoms with E-state index in [0.29, 0.717) is 5.92 Å². The first-order valence-electron chi connectivity index (χ1n) is 4.83. The van der Waals surface area contributed by atoms with Crippen molar-refractivity contribution >= 4 is 5.91 Å². The quantitative estimate of drug-likeness (QED) is 0.646. The van der Waals surface area contributed by atoms with Gasteiger partial charge in [0, 0.05) is 13.1 Å². The van der Waals surface area contributed by atoms with Gasteiger partial charge in [-0.05, 0) is 25.2 Å². The molecule has 68 valence electrons. The summed E-state index contributed by atoms with van der Waals surface area (Å²) in [6.45, 7) is 1.86. The Morgan fingerprint density at radius 1 is 1.33 bits per heavy atom. The molecule has 0 aromatic heterocycles. The van der Waals surface area contributed by atoms with Gasteiger partial charge in [0.15, 0.2) is 0 Å². The van der Waals surface area contributed by atoms with Crippen molar-refractivity contribution in [2.45, 2.75) is 31.7 Å². The summed E-state index contributed by atoms with van der Waals surface area (Å²) >= 11 is 0. The standard InChI is InChI=1S/C9H16N2O/c10-8(7-3-1-4-7)9(12)11-5-2-6-11/h7-8H,1-6,10H2. The fourth-order valence-corrected chi connectivity index (χ4v) is 1.75. The van der Waals surface area contributed by atoms with Crippen LogP contribution in [0.1, 0.15) is 25.7 Å². The van der Waals surface area contributed by atoms with E-state index in [2.05, 4.69) is 0 Å². The van der Waals surface area contributed by atoms with Gasteiger partial charge in [-0.3, -0.25) is 4.79 Å². The second kappa shape index (κ2) is 3.05. The summed E-state index contributed by atoms with van der Waals surface area (Å²) in [5.41, 5.74) is 5.84. The van der Waals surface area contributed by atoms with Crippen molar-refractivity contribution in [3.8, 4) is 0 Å². The van der Waals surface area contributed by atoms with Gasteiger partial charge >= 0.3 is 0 Å². The highest BCUT2D eigenvalue weighted by Crippen LogP contribution is 2.29. The van der Waals surface area contributed by atoms with Crippen molar-refractivity contribution in [1.29, 1.82) is 0 Å². The molecule has 0 spiro atoms. The third-order valence-corrected chi connectivity index (χ3v) is 3.11. The molecule has 1 unspecified atom stereocenters. The lowest BCUT2D eigenvalue weighted by atomic mass is 9.79. The summed E-state index contributed by atoms with van der Waals surface area (Å²) < 4.78 is 0. The molecule has 1 saturated heterocycles. The molecule has 1 saturated carbocycles. The molecule has 2 fully saturated rings. The monoisotopic (exact) mass is 168 g/mol. The van der Waals surface area contributed by atoms with Crippen molar-refractivity contribution in [3.05, 3.63) is 0 Å². The van der Waals surface area contributed by atoms with Crippen LogP contribution in [0.2, 0.25) is 0 Å². The summed E-state index contributed by atoms with van der Waals surface area (Å²) in [4.78, 5) is 13.4. The Labute approximate surface area is 72.9 Å². The summed E-state index contributed by atoms with van der Waals surface area (Å²) in [5.74, 6) is 0.670. The van der Waals surface area contributed by atoms with Crippen molar-refractivity contribution in [3.63, 3.8) is 0 Å². The molecule has 3 nitrogen and oxygen atoms in total. The first-order valence-corrected chi connectivity index (χ1v) is 4.83. The van der Waals surface area contributed by atoms with Crippen LogP contribution < -0.4 is 5.73 Å². The highest BCUT2D eigenvalue weighted by atomic mass is 16.2. The van der Waals surface area contributed by atoms with Crippen LogP contribution in [-0.4, -0.2) is 29.9 Å². The van der Waals surface area contributed by atoms with Gasteiger partial charge in [-0.1, -0.05) is 6.42 Å². The molecule has 0 aromatic rings. The first-order chi connectivity index (χ1) is 5.79. The Hall–Kier alpha value is -0.570. The number of carbonyl (C=O) groups excluding carboxylic acids is 1. The molecule has 0 radical (unpaired) electrons. The van der Waals surface area contributed by atoms with Gasteiger partial charge in [0.25, 0.3) is 0 Å². The number of amides is 1. The molecule has 3 heteroatoms. The predicted octanol–water partition coefficient (Wildman–Crippen LogP) is 0.346. The molecule has 0 bridgehead atoms. The van der Waals surface area contributed by atoms with E-state index >= 15 is 0 Å². The average molecular weight is 168 g/mol. The Kier molecular flexibility index (Phi) is 2.05. The number of nitrogens with zero attached hydrogens (tertiary/aromatic N) is 1. The van der Waals surface area contributed by atoms with Gasteiger partial charge in [0.1, 0.15) is 0 Å². The third kappa shape index (κ3) is 1.22. The fourth-order valence-electron chi connectivity index (χ4n) is 1.75. The molecular formula is C9H16N2O. The van der Waals surface area contributed by atoms with Crippen molar-refractivity contribution < 1.29 is 4.79 Å². The number of rotatable bonds is 2. The van der Waals surface area contributed by atoms with E-state index in [1.807, 2.05) is 4.90 Å². The van der Waals surface area contributed by atoms with Gasteiger partial charge in [-0.25, -0.2) is 0 Å². The van der Waals surface area contributed by atoms with Crippen molar-refractivity contribution in [2.24, 2.45) is 11.7 Å². The molecular weight excluding hydrogens is 152 g/mol. The minimum absolute atomic E-state index is 0.186. The minimum Gasteiger partial charge on any atom is -0.341 e. The topological polar surface area (TPSA) is 46.3 Å². The molecule has 2 aliphatic rings. The Balaban J connectivity index is 1.84. The van der Waals surface area contributed by atoms with Crippen LogP contribution in [0.3, 0.4) is 0 Å². The van der Waals surface area contributed by atoms with Gasteiger partial charge in [0.2, 0.25) is 5.91 Å². The summed E-state index contributed by atoms with van der Waals surface area (Å²) in [7, 11) is 0. The first kappa shape index (κ1) is 8.05. The Morgan fingerprint density at radius 3 is 2.33 bits per heavy atom. The van der Waals surface area contributed by atoms with Crippen LogP contribution >= 0.6 is 0 Å². The molecule has 2 N–H and O–H groups in total. The van der Waals surface area contributed by atoms with E-state index in [-0.39, 0.29) is 11.9 Å². The number of hydrogen-bond donors (Lipinski definition) is 1. The zero-order valence-electron chi connectivity index (χ0n) is 7.33. The lowest BCUT2D eigenvalue weighted by molar-refractivity contribution is -0.138. The van der Waals surface area contributed by atoms with Gasteiger partial charge in [0.05, 0.1) is 6.04 Å². The largest absolute Gasteiger partial charge is 0.341 e. The van der Waals surface area contributed by atoms with Crippen LogP contribution in [0, 0.1) is 5.92 Å². The van der Waals surface area contributed by atoms with E-state index in [0.717, 1.165) is 32.4 Å². The lowest BCUT2D eigenvalue weighted by Gasteiger charge is -2.37. The number of nitrogens with two attached hydrogens (primary N) is 1. The second-order valence-corrected chi connectivity index (χ2v) is 3.90. The second-order valence-electron chi connectivity index (χ2n) is 3.90. The van der Waals surface area contributed by atoms with Gasteiger partial charge in [-0.15, -0.1) is 0 Å². The molecule has 1 amide bonds. The maximum atomic E-state index is 11.6. The normalized spacial score (nSPS) is 25.9. The van der Waals surface area contributed by atoms with Crippen LogP contribution in [0.25, 0.3) is 0 Å². The summed E-state index contributed by atoms with van der Waals surface area (Å²) in [6.07, 6.45) is 4.72. The molecule has 1 heterocycles. The minimum atomic E-state index is -0.195. The summed E-state index contributed by atoms with van der Waals surface area (Å²) in [5, 5.41) is 0. The van der Waals surface area contributed by atoms with E-state index in [4.69, 9.17) is 5.73 Å². The molecule has 12 heavy (non-hydrogen) atoms. The van der Waals surface area contributed by atoms with Crippen molar-refractivity contribution in [1.82, 2.24) is 4.90 Å². The zero-order chi connectivity index (χ0) is 8.55. The Bertz CT molecular complexity index is 185. The SMILES string of the molecule is NC(C(=O)N1CCC1)C1CCC1. The zero-order valence-corrected chi connectivity index (χ0v) is 7.33. The highest BCUT2D eigenvalue weighted by molar-refractivity contribution is 5.82. The number of carbonyl (C=O) groups is 1. The number of hydrogen-bond acceptors (Lipinski definition) is 2. The molecule has 0 aromatic carbocycles. The van der Waals surface area contributed by atoms with Gasteiger partial charge in [-0.2, -0.15) is 0 Å². The molecule has 1 aliphatic heterocycles. The van der Waals surface area contributed by atoms with E-state index in [1.165, 1.54) is 6.42 Å². The van der Waals surface area contributed by atoms with Crippen LogP contribution in [0.15, 0.2) is 0 Å². The maximum absolute atomic E-state index is 11.6. The highest BCUT2D eigenvalue weighted by Gasteiger charge is 2.33. The van der Waals surface area contributed by atoms with Crippen LogP contribution in [-0.2, 0) is 4.79 Å². The maximum Gasteiger partial charge on any atom is 0.239 e. The van der Waals surface area contributed by atoms with E-state index in [1.54, 1.807) is 0 Å². The van der Waals surface area contributed by atoms with E-state index < -0.39 is 0 Å².